The summed E-state index contributed by atoms with van der Waals surface area (Å²) in [6.45, 7) is 6.39. The maximum Gasteiger partial charge on any atom is 0.222 e. The zero-order valence-corrected chi connectivity index (χ0v) is 16.9. The van der Waals surface area contributed by atoms with Crippen LogP contribution in [0, 0.1) is 0 Å². The van der Waals surface area contributed by atoms with Crippen LogP contribution in [0.2, 0.25) is 0 Å². The van der Waals surface area contributed by atoms with Crippen LogP contribution in [0.3, 0.4) is 0 Å². The number of benzene rings is 2. The molecule has 0 aromatic heterocycles. The van der Waals surface area contributed by atoms with Gasteiger partial charge in [0.25, 0.3) is 0 Å². The summed E-state index contributed by atoms with van der Waals surface area (Å²) >= 11 is 0. The van der Waals surface area contributed by atoms with E-state index in [4.69, 9.17) is 4.74 Å². The second-order valence-electron chi connectivity index (χ2n) is 7.35. The molecule has 6 nitrogen and oxygen atoms in total. The number of carbonyl (C=O) groups is 2. The molecule has 29 heavy (non-hydrogen) atoms. The zero-order chi connectivity index (χ0) is 20.5. The predicted molar refractivity (Wildman–Crippen MR) is 112 cm³/mol. The van der Waals surface area contributed by atoms with Crippen molar-refractivity contribution >= 4 is 11.8 Å². The van der Waals surface area contributed by atoms with Crippen LogP contribution < -0.4 is 10.6 Å². The summed E-state index contributed by atoms with van der Waals surface area (Å²) < 4.78 is 5.38. The van der Waals surface area contributed by atoms with E-state index in [0.717, 1.165) is 44.0 Å². The molecule has 0 saturated carbocycles. The van der Waals surface area contributed by atoms with Gasteiger partial charge >= 0.3 is 0 Å². The molecule has 154 valence electrons. The van der Waals surface area contributed by atoms with E-state index in [2.05, 4.69) is 39.8 Å². The van der Waals surface area contributed by atoms with Crippen LogP contribution in [0.15, 0.2) is 54.6 Å². The molecule has 2 aromatic carbocycles. The largest absolute Gasteiger partial charge is 0.379 e. The number of morpholine rings is 1. The Bertz CT molecular complexity index is 787. The highest BCUT2D eigenvalue weighted by atomic mass is 16.5. The highest BCUT2D eigenvalue weighted by molar-refractivity contribution is 5.79. The number of amides is 2. The Balaban J connectivity index is 1.49. The van der Waals surface area contributed by atoms with Crippen LogP contribution in [0.1, 0.15) is 36.1 Å². The monoisotopic (exact) mass is 395 g/mol. The molecule has 0 spiro atoms. The second-order valence-corrected chi connectivity index (χ2v) is 7.35. The Labute approximate surface area is 172 Å². The van der Waals surface area contributed by atoms with Crippen LogP contribution in [-0.2, 0) is 27.4 Å². The zero-order valence-electron chi connectivity index (χ0n) is 16.9. The molecule has 3 rings (SSSR count). The van der Waals surface area contributed by atoms with E-state index in [1.807, 2.05) is 30.3 Å². The van der Waals surface area contributed by atoms with Crippen molar-refractivity contribution in [3.63, 3.8) is 0 Å². The van der Waals surface area contributed by atoms with Crippen molar-refractivity contribution in [2.24, 2.45) is 0 Å². The van der Waals surface area contributed by atoms with Gasteiger partial charge in [0.2, 0.25) is 11.8 Å². The van der Waals surface area contributed by atoms with Gasteiger partial charge in [-0.1, -0.05) is 54.6 Å². The lowest BCUT2D eigenvalue weighted by molar-refractivity contribution is -0.122. The molecule has 2 aromatic rings. The van der Waals surface area contributed by atoms with E-state index in [1.165, 1.54) is 12.5 Å². The summed E-state index contributed by atoms with van der Waals surface area (Å²) in [6.07, 6.45) is 0.207. The average molecular weight is 396 g/mol. The Morgan fingerprint density at radius 3 is 2.31 bits per heavy atom. The minimum absolute atomic E-state index is 0.0926. The average Bonchev–Trinajstić information content (AvgIpc) is 2.74. The standard InChI is InChI=1S/C23H29N3O3/c1-18(27)25-22(21-5-3-2-4-6-21)15-23(28)24-16-19-7-9-20(10-8-19)17-26-11-13-29-14-12-26/h2-10,22H,11-17H2,1H3,(H,24,28)(H,25,27). The van der Waals surface area contributed by atoms with Gasteiger partial charge < -0.3 is 15.4 Å². The fourth-order valence-electron chi connectivity index (χ4n) is 3.42. The SMILES string of the molecule is CC(=O)NC(CC(=O)NCc1ccc(CN2CCOCC2)cc1)c1ccccc1. The summed E-state index contributed by atoms with van der Waals surface area (Å²) in [5, 5.41) is 5.81. The Morgan fingerprint density at radius 1 is 1.00 bits per heavy atom. The molecule has 1 aliphatic heterocycles. The molecule has 1 aliphatic rings. The van der Waals surface area contributed by atoms with E-state index in [1.54, 1.807) is 0 Å². The van der Waals surface area contributed by atoms with Gasteiger partial charge in [-0.15, -0.1) is 0 Å². The number of ether oxygens (including phenoxy) is 1. The predicted octanol–water partition coefficient (Wildman–Crippen LogP) is 2.40. The highest BCUT2D eigenvalue weighted by Gasteiger charge is 2.17. The lowest BCUT2D eigenvalue weighted by atomic mass is 10.0. The lowest BCUT2D eigenvalue weighted by Crippen LogP contribution is -2.35. The molecule has 0 aliphatic carbocycles. The first-order valence-electron chi connectivity index (χ1n) is 10.1. The van der Waals surface area contributed by atoms with Crippen molar-refractivity contribution in [2.75, 3.05) is 26.3 Å². The summed E-state index contributed by atoms with van der Waals surface area (Å²) in [4.78, 5) is 26.3. The van der Waals surface area contributed by atoms with Crippen LogP contribution in [0.25, 0.3) is 0 Å². The molecular formula is C23H29N3O3. The maximum atomic E-state index is 12.4. The minimum atomic E-state index is -0.329. The molecule has 6 heteroatoms. The number of hydrogen-bond acceptors (Lipinski definition) is 4. The maximum absolute atomic E-state index is 12.4. The molecular weight excluding hydrogens is 366 g/mol. The van der Waals surface area contributed by atoms with E-state index in [0.29, 0.717) is 6.54 Å². The fourth-order valence-corrected chi connectivity index (χ4v) is 3.42. The number of rotatable bonds is 8. The van der Waals surface area contributed by atoms with Crippen molar-refractivity contribution in [1.29, 1.82) is 0 Å². The van der Waals surface area contributed by atoms with Crippen LogP contribution in [-0.4, -0.2) is 43.0 Å². The van der Waals surface area contributed by atoms with E-state index >= 15 is 0 Å². The van der Waals surface area contributed by atoms with E-state index in [-0.39, 0.29) is 24.3 Å². The summed E-state index contributed by atoms with van der Waals surface area (Å²) in [7, 11) is 0. The molecule has 0 radical (unpaired) electrons. The van der Waals surface area contributed by atoms with E-state index in [9.17, 15) is 9.59 Å². The van der Waals surface area contributed by atoms with Gasteiger partial charge in [0.15, 0.2) is 0 Å². The Hall–Kier alpha value is -2.70. The molecule has 0 bridgehead atoms. The first-order chi connectivity index (χ1) is 14.1. The minimum Gasteiger partial charge on any atom is -0.379 e. The van der Waals surface area contributed by atoms with Crippen LogP contribution in [0.4, 0.5) is 0 Å². The van der Waals surface area contributed by atoms with Gasteiger partial charge in [0.05, 0.1) is 25.7 Å². The van der Waals surface area contributed by atoms with Crippen molar-refractivity contribution in [3.05, 3.63) is 71.3 Å². The van der Waals surface area contributed by atoms with Gasteiger partial charge in [-0.05, 0) is 16.7 Å². The third-order valence-electron chi connectivity index (χ3n) is 4.99. The summed E-state index contributed by atoms with van der Waals surface area (Å²) in [6, 6.07) is 17.6. The van der Waals surface area contributed by atoms with Crippen molar-refractivity contribution in [1.82, 2.24) is 15.5 Å². The smallest absolute Gasteiger partial charge is 0.222 e. The number of hydrogen-bond donors (Lipinski definition) is 2. The highest BCUT2D eigenvalue weighted by Crippen LogP contribution is 2.16. The molecule has 1 atom stereocenters. The molecule has 2 N–H and O–H groups in total. The van der Waals surface area contributed by atoms with Gasteiger partial charge in [-0.25, -0.2) is 0 Å². The summed E-state index contributed by atoms with van der Waals surface area (Å²) in [5.74, 6) is -0.243. The van der Waals surface area contributed by atoms with Crippen molar-refractivity contribution < 1.29 is 14.3 Å². The topological polar surface area (TPSA) is 70.7 Å². The first-order valence-corrected chi connectivity index (χ1v) is 10.1. The van der Waals surface area contributed by atoms with Crippen molar-refractivity contribution in [2.45, 2.75) is 32.5 Å². The van der Waals surface area contributed by atoms with Crippen LogP contribution in [0.5, 0.6) is 0 Å². The molecule has 1 fully saturated rings. The number of nitrogens with zero attached hydrogens (tertiary/aromatic N) is 1. The van der Waals surface area contributed by atoms with Crippen LogP contribution >= 0.6 is 0 Å². The van der Waals surface area contributed by atoms with Gasteiger partial charge in [-0.3, -0.25) is 14.5 Å². The molecule has 1 heterocycles. The number of nitrogens with one attached hydrogen (secondary N) is 2. The normalized spacial score (nSPS) is 15.5. The molecule has 2 amide bonds. The van der Waals surface area contributed by atoms with Crippen molar-refractivity contribution in [3.8, 4) is 0 Å². The lowest BCUT2D eigenvalue weighted by Gasteiger charge is -2.26. The Kier molecular flexibility index (Phi) is 7.78. The first kappa shape index (κ1) is 21.0. The quantitative estimate of drug-likeness (QED) is 0.720. The van der Waals surface area contributed by atoms with Gasteiger partial charge in [0, 0.05) is 33.1 Å². The number of carbonyl (C=O) groups excluding carboxylic acids is 2. The second kappa shape index (κ2) is 10.7. The Morgan fingerprint density at radius 2 is 1.66 bits per heavy atom. The third-order valence-corrected chi connectivity index (χ3v) is 4.99. The molecule has 1 saturated heterocycles. The fraction of sp³-hybridized carbons (Fsp3) is 0.391. The van der Waals surface area contributed by atoms with Gasteiger partial charge in [-0.2, -0.15) is 0 Å². The summed E-state index contributed by atoms with van der Waals surface area (Å²) in [5.41, 5.74) is 3.24. The molecule has 1 unspecified atom stereocenters. The van der Waals surface area contributed by atoms with Gasteiger partial charge in [0.1, 0.15) is 0 Å². The van der Waals surface area contributed by atoms with E-state index < -0.39 is 0 Å². The third kappa shape index (κ3) is 7.00.